The number of fused-ring (bicyclic) bond motifs is 1. The summed E-state index contributed by atoms with van der Waals surface area (Å²) in [6, 6.07) is 9.40. The third-order valence-corrected chi connectivity index (χ3v) is 5.16. The lowest BCUT2D eigenvalue weighted by Crippen LogP contribution is -2.48. The minimum atomic E-state index is -0.876. The quantitative estimate of drug-likeness (QED) is 0.574. The normalized spacial score (nSPS) is 15.1. The molecule has 1 N–H and O–H groups in total. The van der Waals surface area contributed by atoms with Crippen molar-refractivity contribution in [2.75, 3.05) is 34.9 Å². The molecule has 0 aliphatic carbocycles. The minimum Gasteiger partial charge on any atom is -0.493 e. The summed E-state index contributed by atoms with van der Waals surface area (Å²) < 4.78 is 15.8. The number of amides is 2. The molecule has 0 saturated heterocycles. The molecule has 3 rings (SSSR count). The van der Waals surface area contributed by atoms with Crippen molar-refractivity contribution in [2.45, 2.75) is 12.5 Å². The topological polar surface area (TPSA) is 94.2 Å². The Morgan fingerprint density at radius 3 is 2.20 bits per heavy atom. The summed E-state index contributed by atoms with van der Waals surface area (Å²) in [5, 5.41) is 2.59. The molecule has 1 aliphatic heterocycles. The van der Waals surface area contributed by atoms with Gasteiger partial charge in [-0.05, 0) is 29.7 Å². The van der Waals surface area contributed by atoms with Crippen LogP contribution in [0, 0.1) is 0 Å². The molecular formula is C22H24N2O6. The Morgan fingerprint density at radius 2 is 1.63 bits per heavy atom. The first-order valence-corrected chi connectivity index (χ1v) is 9.41. The zero-order chi connectivity index (χ0) is 21.8. The SMILES string of the molecule is CNC(=O)C1c2ccccc2CCN1C(=O)C(=O)c1cc(OC)c(OC)c(OC)c1. The zero-order valence-corrected chi connectivity index (χ0v) is 17.4. The molecular weight excluding hydrogens is 388 g/mol. The molecule has 1 heterocycles. The Hall–Kier alpha value is -3.55. The van der Waals surface area contributed by atoms with Crippen LogP contribution in [-0.4, -0.2) is 57.4 Å². The highest BCUT2D eigenvalue weighted by Gasteiger charge is 2.38. The number of carbonyl (C=O) groups excluding carboxylic acids is 3. The number of carbonyl (C=O) groups is 3. The first kappa shape index (κ1) is 21.2. The standard InChI is InChI=1S/C22H24N2O6/c1-23-21(26)18-15-8-6-5-7-13(15)9-10-24(18)22(27)19(25)14-11-16(28-2)20(30-4)17(12-14)29-3/h5-8,11-12,18H,9-10H2,1-4H3,(H,23,26). The molecule has 0 fully saturated rings. The number of nitrogens with zero attached hydrogens (tertiary/aromatic N) is 1. The van der Waals surface area contributed by atoms with Gasteiger partial charge in [0, 0.05) is 19.2 Å². The smallest absolute Gasteiger partial charge is 0.295 e. The van der Waals surface area contributed by atoms with Gasteiger partial charge in [-0.25, -0.2) is 0 Å². The lowest BCUT2D eigenvalue weighted by molar-refractivity contribution is -0.137. The maximum absolute atomic E-state index is 13.2. The number of benzene rings is 2. The summed E-state index contributed by atoms with van der Waals surface area (Å²) in [6.07, 6.45) is 0.554. The average molecular weight is 412 g/mol. The number of rotatable bonds is 6. The van der Waals surface area contributed by atoms with Gasteiger partial charge in [-0.1, -0.05) is 24.3 Å². The lowest BCUT2D eigenvalue weighted by Gasteiger charge is -2.35. The molecule has 1 unspecified atom stereocenters. The fraction of sp³-hybridized carbons (Fsp3) is 0.318. The summed E-state index contributed by atoms with van der Waals surface area (Å²) in [4.78, 5) is 40.2. The lowest BCUT2D eigenvalue weighted by atomic mass is 9.91. The number of ketones is 1. The van der Waals surface area contributed by atoms with E-state index in [0.717, 1.165) is 5.56 Å². The van der Waals surface area contributed by atoms with Crippen LogP contribution in [0.15, 0.2) is 36.4 Å². The van der Waals surface area contributed by atoms with Gasteiger partial charge in [-0.3, -0.25) is 14.4 Å². The van der Waals surface area contributed by atoms with E-state index in [1.54, 1.807) is 6.07 Å². The van der Waals surface area contributed by atoms with Gasteiger partial charge >= 0.3 is 0 Å². The maximum Gasteiger partial charge on any atom is 0.295 e. The number of Topliss-reactive ketones (excluding diaryl/α,β-unsaturated/α-hetero) is 1. The predicted octanol–water partition coefficient (Wildman–Crippen LogP) is 1.77. The van der Waals surface area contributed by atoms with E-state index < -0.39 is 17.7 Å². The van der Waals surface area contributed by atoms with E-state index in [9.17, 15) is 14.4 Å². The van der Waals surface area contributed by atoms with E-state index in [-0.39, 0.29) is 29.5 Å². The van der Waals surface area contributed by atoms with Crippen LogP contribution in [0.4, 0.5) is 0 Å². The van der Waals surface area contributed by atoms with Gasteiger partial charge in [0.15, 0.2) is 11.5 Å². The summed E-state index contributed by atoms with van der Waals surface area (Å²) >= 11 is 0. The van der Waals surface area contributed by atoms with E-state index in [2.05, 4.69) is 5.32 Å². The first-order valence-electron chi connectivity index (χ1n) is 9.41. The van der Waals surface area contributed by atoms with Crippen molar-refractivity contribution >= 4 is 17.6 Å². The minimum absolute atomic E-state index is 0.0871. The van der Waals surface area contributed by atoms with Crippen LogP contribution < -0.4 is 19.5 Å². The molecule has 8 nitrogen and oxygen atoms in total. The molecule has 0 saturated carbocycles. The molecule has 2 amide bonds. The van der Waals surface area contributed by atoms with Crippen LogP contribution in [-0.2, 0) is 16.0 Å². The second kappa shape index (κ2) is 8.86. The first-order chi connectivity index (χ1) is 14.5. The molecule has 30 heavy (non-hydrogen) atoms. The summed E-state index contributed by atoms with van der Waals surface area (Å²) in [6.45, 7) is 0.254. The van der Waals surface area contributed by atoms with Crippen molar-refractivity contribution in [1.82, 2.24) is 10.2 Å². The van der Waals surface area contributed by atoms with Crippen LogP contribution in [0.1, 0.15) is 27.5 Å². The molecule has 158 valence electrons. The Bertz CT molecular complexity index is 962. The zero-order valence-electron chi connectivity index (χ0n) is 17.4. The number of ether oxygens (including phenoxy) is 3. The largest absolute Gasteiger partial charge is 0.493 e. The summed E-state index contributed by atoms with van der Waals surface area (Å²) in [5.74, 6) is -1.04. The molecule has 0 radical (unpaired) electrons. The number of methoxy groups -OCH3 is 3. The average Bonchev–Trinajstić information content (AvgIpc) is 2.80. The molecule has 1 atom stereocenters. The van der Waals surface area contributed by atoms with Crippen LogP contribution in [0.3, 0.4) is 0 Å². The van der Waals surface area contributed by atoms with Crippen molar-refractivity contribution in [2.24, 2.45) is 0 Å². The van der Waals surface area contributed by atoms with Gasteiger partial charge in [0.25, 0.3) is 11.7 Å². The van der Waals surface area contributed by atoms with Gasteiger partial charge in [0.1, 0.15) is 6.04 Å². The van der Waals surface area contributed by atoms with Crippen LogP contribution in [0.2, 0.25) is 0 Å². The maximum atomic E-state index is 13.2. The van der Waals surface area contributed by atoms with Gasteiger partial charge in [0.05, 0.1) is 21.3 Å². The van der Waals surface area contributed by atoms with Crippen molar-refractivity contribution in [3.63, 3.8) is 0 Å². The third-order valence-electron chi connectivity index (χ3n) is 5.16. The highest BCUT2D eigenvalue weighted by Crippen LogP contribution is 2.39. The van der Waals surface area contributed by atoms with E-state index in [4.69, 9.17) is 14.2 Å². The predicted molar refractivity (Wildman–Crippen MR) is 109 cm³/mol. The summed E-state index contributed by atoms with van der Waals surface area (Å²) in [7, 11) is 5.81. The van der Waals surface area contributed by atoms with Crippen molar-refractivity contribution in [3.05, 3.63) is 53.1 Å². The molecule has 2 aromatic carbocycles. The van der Waals surface area contributed by atoms with E-state index >= 15 is 0 Å². The monoisotopic (exact) mass is 412 g/mol. The van der Waals surface area contributed by atoms with Crippen molar-refractivity contribution < 1.29 is 28.6 Å². The van der Waals surface area contributed by atoms with E-state index in [1.807, 2.05) is 18.2 Å². The van der Waals surface area contributed by atoms with Crippen LogP contribution in [0.25, 0.3) is 0 Å². The number of hydrogen-bond donors (Lipinski definition) is 1. The highest BCUT2D eigenvalue weighted by atomic mass is 16.5. The fourth-order valence-corrected chi connectivity index (χ4v) is 3.67. The van der Waals surface area contributed by atoms with Crippen LogP contribution >= 0.6 is 0 Å². The van der Waals surface area contributed by atoms with Crippen molar-refractivity contribution in [3.8, 4) is 17.2 Å². The molecule has 2 aromatic rings. The molecule has 0 spiro atoms. The van der Waals surface area contributed by atoms with Gasteiger partial charge in [-0.15, -0.1) is 0 Å². The van der Waals surface area contributed by atoms with E-state index in [1.165, 1.54) is 45.4 Å². The van der Waals surface area contributed by atoms with Gasteiger partial charge in [0.2, 0.25) is 11.7 Å². The Labute approximate surface area is 174 Å². The Morgan fingerprint density at radius 1 is 1.00 bits per heavy atom. The fourth-order valence-electron chi connectivity index (χ4n) is 3.67. The molecule has 1 aliphatic rings. The van der Waals surface area contributed by atoms with E-state index in [0.29, 0.717) is 17.7 Å². The Kier molecular flexibility index (Phi) is 6.25. The number of likely N-dealkylation sites (N-methyl/N-ethyl adjacent to an activating group) is 1. The van der Waals surface area contributed by atoms with Gasteiger partial charge < -0.3 is 24.4 Å². The molecule has 8 heteroatoms. The Balaban J connectivity index is 1.99. The highest BCUT2D eigenvalue weighted by molar-refractivity contribution is 6.43. The third kappa shape index (κ3) is 3.68. The summed E-state index contributed by atoms with van der Waals surface area (Å²) in [5.41, 5.74) is 1.79. The number of hydrogen-bond acceptors (Lipinski definition) is 6. The second-order valence-electron chi connectivity index (χ2n) is 6.71. The van der Waals surface area contributed by atoms with Crippen LogP contribution in [0.5, 0.6) is 17.2 Å². The van der Waals surface area contributed by atoms with Gasteiger partial charge in [-0.2, -0.15) is 0 Å². The van der Waals surface area contributed by atoms with Crippen molar-refractivity contribution in [1.29, 1.82) is 0 Å². The second-order valence-corrected chi connectivity index (χ2v) is 6.71. The molecule has 0 aromatic heterocycles. The molecule has 0 bridgehead atoms. The number of nitrogens with one attached hydrogen (secondary N) is 1.